The first kappa shape index (κ1) is 36.0. The molecule has 46 heavy (non-hydrogen) atoms. The fraction of sp³-hybridized carbons (Fsp3) is 0.412. The Morgan fingerprint density at radius 3 is 2.41 bits per heavy atom. The number of nitrogens with zero attached hydrogens (tertiary/aromatic N) is 3. The molecule has 0 saturated carbocycles. The van der Waals surface area contributed by atoms with Crippen molar-refractivity contribution in [3.05, 3.63) is 86.3 Å². The van der Waals surface area contributed by atoms with Crippen LogP contribution in [-0.4, -0.2) is 52.1 Å². The lowest BCUT2D eigenvalue weighted by Crippen LogP contribution is -2.40. The minimum absolute atomic E-state index is 0.0331. The molecule has 0 aliphatic heterocycles. The molecular weight excluding hydrogens is 604 g/mol. The van der Waals surface area contributed by atoms with Gasteiger partial charge in [-0.3, -0.25) is 14.4 Å². The van der Waals surface area contributed by atoms with E-state index in [2.05, 4.69) is 16.2 Å². The molecule has 0 aliphatic carbocycles. The van der Waals surface area contributed by atoms with Crippen molar-refractivity contribution in [3.63, 3.8) is 0 Å². The summed E-state index contributed by atoms with van der Waals surface area (Å²) in [6.45, 7) is 7.17. The molecule has 0 spiro atoms. The zero-order chi connectivity index (χ0) is 34.5. The number of hydrogen-bond donors (Lipinski definition) is 2. The lowest BCUT2D eigenvalue weighted by atomic mass is 9.91. The molecule has 8 nitrogen and oxygen atoms in total. The van der Waals surface area contributed by atoms with Crippen LogP contribution in [0.5, 0.6) is 0 Å². The summed E-state index contributed by atoms with van der Waals surface area (Å²) in [6, 6.07) is 2.51. The second kappa shape index (κ2) is 14.7. The number of aromatic nitrogens is 2. The fourth-order valence-electron chi connectivity index (χ4n) is 5.34. The van der Waals surface area contributed by atoms with Crippen molar-refractivity contribution in [2.24, 2.45) is 5.92 Å². The summed E-state index contributed by atoms with van der Waals surface area (Å²) in [5.41, 5.74) is 0.0278. The molecular formula is C34H38F4N4O4. The number of benzene rings is 1. The van der Waals surface area contributed by atoms with E-state index < -0.39 is 53.5 Å². The van der Waals surface area contributed by atoms with Crippen LogP contribution in [-0.2, 0) is 22.2 Å². The Labute approximate surface area is 265 Å². The fourth-order valence-corrected chi connectivity index (χ4v) is 5.34. The minimum Gasteiger partial charge on any atom is -0.481 e. The van der Waals surface area contributed by atoms with Gasteiger partial charge in [0.15, 0.2) is 0 Å². The summed E-state index contributed by atoms with van der Waals surface area (Å²) in [4.78, 5) is 45.0. The second-order valence-corrected chi connectivity index (χ2v) is 12.0. The van der Waals surface area contributed by atoms with Gasteiger partial charge < -0.3 is 19.9 Å². The topological polar surface area (TPSA) is 105 Å². The van der Waals surface area contributed by atoms with Crippen LogP contribution in [0, 0.1) is 37.9 Å². The predicted molar refractivity (Wildman–Crippen MR) is 167 cm³/mol. The lowest BCUT2D eigenvalue weighted by molar-refractivity contribution is -0.139. The number of likely N-dealkylation sites (N-methyl/N-ethyl adjacent to an activating group) is 1. The normalized spacial score (nSPS) is 13.0. The third kappa shape index (κ3) is 8.60. The van der Waals surface area contributed by atoms with Crippen LogP contribution in [0.1, 0.15) is 72.3 Å². The first-order chi connectivity index (χ1) is 21.4. The van der Waals surface area contributed by atoms with E-state index in [0.717, 1.165) is 10.8 Å². The van der Waals surface area contributed by atoms with Crippen molar-refractivity contribution in [1.29, 1.82) is 0 Å². The van der Waals surface area contributed by atoms with E-state index in [1.165, 1.54) is 12.3 Å². The van der Waals surface area contributed by atoms with E-state index in [9.17, 15) is 37.1 Å². The quantitative estimate of drug-likeness (QED) is 0.194. The van der Waals surface area contributed by atoms with E-state index in [1.54, 1.807) is 58.8 Å². The standard InChI is InChI=1S/C34H38F4N4O4/c1-8-27-24(32-20(4)9-10-26(35)21(32)5)14-23(17-39-27)28(16-31(44)45)40-33(46)29(13-19(2)3)42-18-22(11-12-41(6)7)25(15-30(42)43)34(36,37)38/h1,9-10,14-15,17-19,28-29H,11-13,16H2,2-7H3,(H,40,46)(H,44,45)/t28-,29-/m1/s1. The van der Waals surface area contributed by atoms with Gasteiger partial charge in [-0.2, -0.15) is 13.2 Å². The third-order valence-corrected chi connectivity index (χ3v) is 7.65. The molecule has 3 aromatic rings. The maximum Gasteiger partial charge on any atom is 0.416 e. The van der Waals surface area contributed by atoms with Crippen LogP contribution in [0.15, 0.2) is 41.5 Å². The van der Waals surface area contributed by atoms with Gasteiger partial charge >= 0.3 is 12.1 Å². The second-order valence-electron chi connectivity index (χ2n) is 12.0. The summed E-state index contributed by atoms with van der Waals surface area (Å²) >= 11 is 0. The Morgan fingerprint density at radius 2 is 1.85 bits per heavy atom. The molecule has 0 aliphatic rings. The van der Waals surface area contributed by atoms with Crippen LogP contribution in [0.3, 0.4) is 0 Å². The van der Waals surface area contributed by atoms with Gasteiger partial charge in [-0.1, -0.05) is 19.9 Å². The Bertz CT molecular complexity index is 1710. The third-order valence-electron chi connectivity index (χ3n) is 7.65. The average Bonchev–Trinajstić information content (AvgIpc) is 2.96. The van der Waals surface area contributed by atoms with Gasteiger partial charge in [0.05, 0.1) is 18.0 Å². The molecule has 2 N–H and O–H groups in total. The van der Waals surface area contributed by atoms with Crippen molar-refractivity contribution in [1.82, 2.24) is 19.8 Å². The Kier molecular flexibility index (Phi) is 11.5. The summed E-state index contributed by atoms with van der Waals surface area (Å²) in [5, 5.41) is 12.4. The number of rotatable bonds is 12. The predicted octanol–water partition coefficient (Wildman–Crippen LogP) is 5.69. The summed E-state index contributed by atoms with van der Waals surface area (Å²) in [7, 11) is 3.41. The molecule has 0 fully saturated rings. The van der Waals surface area contributed by atoms with Gasteiger partial charge in [0.2, 0.25) is 5.91 Å². The van der Waals surface area contributed by atoms with Crippen LogP contribution in [0.4, 0.5) is 17.6 Å². The SMILES string of the molecule is C#Cc1ncc([C@@H](CC(=O)O)NC(=O)[C@@H](CC(C)C)n2cc(CCN(C)C)c(C(F)(F)F)cc2=O)cc1-c1c(C)ccc(F)c1C. The minimum atomic E-state index is -4.78. The number of carboxylic acid groups (broad SMARTS) is 1. The largest absolute Gasteiger partial charge is 0.481 e. The molecule has 1 aromatic carbocycles. The number of carbonyl (C=O) groups excluding carboxylic acids is 1. The zero-order valence-corrected chi connectivity index (χ0v) is 26.6. The number of terminal acetylenes is 1. The number of aryl methyl sites for hydroxylation is 1. The first-order valence-electron chi connectivity index (χ1n) is 14.7. The molecule has 0 saturated heterocycles. The van der Waals surface area contributed by atoms with E-state index in [1.807, 2.05) is 0 Å². The number of pyridine rings is 2. The van der Waals surface area contributed by atoms with Gasteiger partial charge in [-0.25, -0.2) is 9.37 Å². The Balaban J connectivity index is 2.14. The Hall–Kier alpha value is -4.50. The van der Waals surface area contributed by atoms with Gasteiger partial charge in [0.1, 0.15) is 17.6 Å². The highest BCUT2D eigenvalue weighted by atomic mass is 19.4. The monoisotopic (exact) mass is 642 g/mol. The molecule has 1 amide bonds. The molecule has 2 aromatic heterocycles. The molecule has 246 valence electrons. The number of amides is 1. The van der Waals surface area contributed by atoms with Gasteiger partial charge in [0, 0.05) is 30.6 Å². The molecule has 3 rings (SSSR count). The first-order valence-corrected chi connectivity index (χ1v) is 14.7. The molecule has 0 unspecified atom stereocenters. The highest BCUT2D eigenvalue weighted by Gasteiger charge is 2.36. The number of aliphatic carboxylic acids is 1. The Morgan fingerprint density at radius 1 is 1.17 bits per heavy atom. The average molecular weight is 643 g/mol. The van der Waals surface area contributed by atoms with Crippen LogP contribution >= 0.6 is 0 Å². The zero-order valence-electron chi connectivity index (χ0n) is 26.6. The number of carboxylic acids is 1. The highest BCUT2D eigenvalue weighted by molar-refractivity contribution is 5.82. The van der Waals surface area contributed by atoms with Crippen molar-refractivity contribution in [2.75, 3.05) is 20.6 Å². The van der Waals surface area contributed by atoms with Gasteiger partial charge in [0.25, 0.3) is 5.56 Å². The number of hydrogen-bond acceptors (Lipinski definition) is 5. The molecule has 12 heteroatoms. The number of nitrogens with one attached hydrogen (secondary N) is 1. The van der Waals surface area contributed by atoms with Crippen LogP contribution in [0.2, 0.25) is 0 Å². The van der Waals surface area contributed by atoms with Crippen LogP contribution in [0.25, 0.3) is 11.1 Å². The lowest BCUT2D eigenvalue weighted by Gasteiger charge is -2.26. The maximum absolute atomic E-state index is 14.6. The van der Waals surface area contributed by atoms with Crippen molar-refractivity contribution in [3.8, 4) is 23.5 Å². The summed E-state index contributed by atoms with van der Waals surface area (Å²) in [5.74, 6) is -0.211. The van der Waals surface area contributed by atoms with Crippen molar-refractivity contribution in [2.45, 2.75) is 65.2 Å². The molecule has 2 atom stereocenters. The summed E-state index contributed by atoms with van der Waals surface area (Å²) < 4.78 is 57.2. The van der Waals surface area contributed by atoms with E-state index >= 15 is 0 Å². The van der Waals surface area contributed by atoms with Crippen molar-refractivity contribution >= 4 is 11.9 Å². The number of halogens is 4. The number of carbonyl (C=O) groups is 2. The summed E-state index contributed by atoms with van der Waals surface area (Å²) in [6.07, 6.45) is 2.75. The number of alkyl halides is 3. The van der Waals surface area contributed by atoms with E-state index in [0.29, 0.717) is 28.3 Å². The van der Waals surface area contributed by atoms with E-state index in [4.69, 9.17) is 6.42 Å². The van der Waals surface area contributed by atoms with Gasteiger partial charge in [-0.15, -0.1) is 6.42 Å². The van der Waals surface area contributed by atoms with Crippen LogP contribution < -0.4 is 10.9 Å². The highest BCUT2D eigenvalue weighted by Crippen LogP contribution is 2.34. The van der Waals surface area contributed by atoms with E-state index in [-0.39, 0.29) is 42.1 Å². The van der Waals surface area contributed by atoms with Crippen molar-refractivity contribution < 1.29 is 32.3 Å². The smallest absolute Gasteiger partial charge is 0.416 e. The van der Waals surface area contributed by atoms with Gasteiger partial charge in [-0.05, 0) is 92.6 Å². The molecule has 0 radical (unpaired) electrons. The molecule has 0 bridgehead atoms. The molecule has 2 heterocycles. The maximum atomic E-state index is 14.6.